The van der Waals surface area contributed by atoms with E-state index in [2.05, 4.69) is 6.92 Å². The molecule has 0 aromatic rings. The Hall–Kier alpha value is 0.890. The van der Waals surface area contributed by atoms with Crippen molar-refractivity contribution >= 4 is 29.7 Å². The second-order valence-corrected chi connectivity index (χ2v) is 11.3. The molecular formula is C14H29O2PS2. The second kappa shape index (κ2) is 10.6. The zero-order valence-electron chi connectivity index (χ0n) is 12.4. The van der Waals surface area contributed by atoms with Gasteiger partial charge < -0.3 is 4.52 Å². The lowest BCUT2D eigenvalue weighted by atomic mass is 10.0. The third-order valence-corrected chi connectivity index (χ3v) is 10.4. The zero-order valence-corrected chi connectivity index (χ0v) is 15.0. The predicted molar refractivity (Wildman–Crippen MR) is 90.8 cm³/mol. The maximum absolute atomic E-state index is 13.0. The highest BCUT2D eigenvalue weighted by Crippen LogP contribution is 2.66. The summed E-state index contributed by atoms with van der Waals surface area (Å²) in [5.74, 6) is 3.32. The van der Waals surface area contributed by atoms with Gasteiger partial charge in [0.05, 0.1) is 6.61 Å². The van der Waals surface area contributed by atoms with Crippen LogP contribution in [0, 0.1) is 0 Å². The molecule has 0 bridgehead atoms. The summed E-state index contributed by atoms with van der Waals surface area (Å²) in [4.78, 5) is 0. The largest absolute Gasteiger partial charge is 0.321 e. The molecule has 1 aliphatic rings. The highest BCUT2D eigenvalue weighted by Gasteiger charge is 2.35. The molecule has 0 aromatic carbocycles. The second-order valence-electron chi connectivity index (χ2n) is 5.05. The van der Waals surface area contributed by atoms with E-state index < -0.39 is 6.57 Å². The third kappa shape index (κ3) is 6.93. The van der Waals surface area contributed by atoms with Gasteiger partial charge in [-0.2, -0.15) is 11.8 Å². The summed E-state index contributed by atoms with van der Waals surface area (Å²) >= 11 is 3.61. The molecule has 5 heteroatoms. The molecule has 0 heterocycles. The molecule has 114 valence electrons. The quantitative estimate of drug-likeness (QED) is 0.374. The van der Waals surface area contributed by atoms with E-state index in [0.29, 0.717) is 12.3 Å². The average molecular weight is 324 g/mol. The Kier molecular flexibility index (Phi) is 10.0. The summed E-state index contributed by atoms with van der Waals surface area (Å²) in [6.45, 7) is 2.33. The number of thioether (sulfide) groups is 1. The Morgan fingerprint density at radius 1 is 1.11 bits per heavy atom. The van der Waals surface area contributed by atoms with Crippen molar-refractivity contribution in [3.05, 3.63) is 0 Å². The van der Waals surface area contributed by atoms with E-state index in [-0.39, 0.29) is 0 Å². The van der Waals surface area contributed by atoms with E-state index in [1.54, 1.807) is 11.4 Å². The Morgan fingerprint density at radius 3 is 2.47 bits per heavy atom. The molecule has 0 aliphatic heterocycles. The van der Waals surface area contributed by atoms with Crippen LogP contribution in [0.15, 0.2) is 0 Å². The molecule has 0 amide bonds. The minimum absolute atomic E-state index is 0.326. The fourth-order valence-electron chi connectivity index (χ4n) is 2.40. The molecule has 0 spiro atoms. The Morgan fingerprint density at radius 2 is 1.84 bits per heavy atom. The van der Waals surface area contributed by atoms with Gasteiger partial charge in [0.25, 0.3) is 6.57 Å². The van der Waals surface area contributed by atoms with E-state index in [0.717, 1.165) is 24.3 Å². The first-order chi connectivity index (χ1) is 9.23. The predicted octanol–water partition coefficient (Wildman–Crippen LogP) is 5.82. The minimum Gasteiger partial charge on any atom is -0.321 e. The fraction of sp³-hybridized carbons (Fsp3) is 1.00. The first-order valence-electron chi connectivity index (χ1n) is 7.69. The Balaban J connectivity index is 2.31. The van der Waals surface area contributed by atoms with Crippen LogP contribution in [-0.2, 0) is 9.09 Å². The molecule has 1 saturated carbocycles. The monoisotopic (exact) mass is 324 g/mol. The smallest absolute Gasteiger partial charge is 0.260 e. The standard InChI is InChI=1S/C14H29O2PS2/c1-3-5-11-18-12-13-19-17(15,16-4-2)14-9-7-6-8-10-14/h14H,3-13H2,1-2H3. The molecule has 0 saturated heterocycles. The number of hydrogen-bond donors (Lipinski definition) is 0. The van der Waals surface area contributed by atoms with Gasteiger partial charge in [-0.05, 0) is 31.9 Å². The molecule has 0 aromatic heterocycles. The minimum atomic E-state index is -2.45. The van der Waals surface area contributed by atoms with Crippen LogP contribution in [0.25, 0.3) is 0 Å². The van der Waals surface area contributed by atoms with E-state index in [1.165, 1.54) is 37.9 Å². The summed E-state index contributed by atoms with van der Waals surface area (Å²) in [5.41, 5.74) is 0.326. The normalized spacial score (nSPS) is 20.3. The van der Waals surface area contributed by atoms with Crippen LogP contribution < -0.4 is 0 Å². The highest BCUT2D eigenvalue weighted by molar-refractivity contribution is 8.56. The third-order valence-electron chi connectivity index (χ3n) is 3.47. The molecule has 2 nitrogen and oxygen atoms in total. The van der Waals surface area contributed by atoms with Crippen molar-refractivity contribution in [1.82, 2.24) is 0 Å². The summed E-state index contributed by atoms with van der Waals surface area (Å²) in [7, 11) is 0. The molecule has 1 unspecified atom stereocenters. The van der Waals surface area contributed by atoms with Gasteiger partial charge in [-0.1, -0.05) is 44.0 Å². The first-order valence-corrected chi connectivity index (χ1v) is 12.1. The molecular weight excluding hydrogens is 295 g/mol. The summed E-state index contributed by atoms with van der Waals surface area (Å²) < 4.78 is 18.7. The lowest BCUT2D eigenvalue weighted by Crippen LogP contribution is -2.13. The lowest BCUT2D eigenvalue weighted by molar-refractivity contribution is 0.328. The highest BCUT2D eigenvalue weighted by atomic mass is 32.7. The van der Waals surface area contributed by atoms with Gasteiger partial charge in [0.2, 0.25) is 0 Å². The van der Waals surface area contributed by atoms with Crippen LogP contribution in [0.5, 0.6) is 0 Å². The molecule has 0 N–H and O–H groups in total. The van der Waals surface area contributed by atoms with E-state index in [4.69, 9.17) is 4.52 Å². The zero-order chi connectivity index (χ0) is 14.0. The summed E-state index contributed by atoms with van der Waals surface area (Å²) in [5, 5.41) is 0. The van der Waals surface area contributed by atoms with Crippen molar-refractivity contribution in [1.29, 1.82) is 0 Å². The van der Waals surface area contributed by atoms with Crippen LogP contribution in [0.2, 0.25) is 0 Å². The van der Waals surface area contributed by atoms with Crippen LogP contribution >= 0.6 is 29.7 Å². The van der Waals surface area contributed by atoms with E-state index in [1.807, 2.05) is 18.7 Å². The van der Waals surface area contributed by atoms with Crippen LogP contribution in [0.4, 0.5) is 0 Å². The molecule has 1 fully saturated rings. The molecule has 19 heavy (non-hydrogen) atoms. The Labute approximate surface area is 127 Å². The van der Waals surface area contributed by atoms with Crippen LogP contribution in [0.1, 0.15) is 58.8 Å². The van der Waals surface area contributed by atoms with Crippen molar-refractivity contribution in [3.63, 3.8) is 0 Å². The maximum atomic E-state index is 13.0. The summed E-state index contributed by atoms with van der Waals surface area (Å²) in [6.07, 6.45) is 8.53. The molecule has 0 radical (unpaired) electrons. The summed E-state index contributed by atoms with van der Waals surface area (Å²) in [6, 6.07) is 0. The number of rotatable bonds is 10. The SMILES string of the molecule is CCCCSCCSP(=O)(OCC)C1CCCCC1. The molecule has 1 rings (SSSR count). The fourth-order valence-corrected chi connectivity index (χ4v) is 9.21. The van der Waals surface area contributed by atoms with Crippen molar-refractivity contribution in [2.24, 2.45) is 0 Å². The van der Waals surface area contributed by atoms with E-state index >= 15 is 0 Å². The average Bonchev–Trinajstić information content (AvgIpc) is 2.44. The van der Waals surface area contributed by atoms with Gasteiger partial charge in [0, 0.05) is 17.2 Å². The van der Waals surface area contributed by atoms with Crippen molar-refractivity contribution in [3.8, 4) is 0 Å². The van der Waals surface area contributed by atoms with Gasteiger partial charge >= 0.3 is 0 Å². The van der Waals surface area contributed by atoms with Crippen molar-refractivity contribution in [2.75, 3.05) is 23.9 Å². The number of hydrogen-bond acceptors (Lipinski definition) is 4. The van der Waals surface area contributed by atoms with Crippen LogP contribution in [0.3, 0.4) is 0 Å². The number of unbranched alkanes of at least 4 members (excludes halogenated alkanes) is 1. The van der Waals surface area contributed by atoms with Crippen molar-refractivity contribution in [2.45, 2.75) is 64.5 Å². The Bertz CT molecular complexity index is 268. The van der Waals surface area contributed by atoms with Gasteiger partial charge in [-0.3, -0.25) is 4.57 Å². The van der Waals surface area contributed by atoms with Gasteiger partial charge in [-0.15, -0.1) is 0 Å². The maximum Gasteiger partial charge on any atom is 0.260 e. The molecule has 1 aliphatic carbocycles. The van der Waals surface area contributed by atoms with Crippen molar-refractivity contribution < 1.29 is 9.09 Å². The lowest BCUT2D eigenvalue weighted by Gasteiger charge is -2.29. The van der Waals surface area contributed by atoms with Gasteiger partial charge in [0.1, 0.15) is 0 Å². The van der Waals surface area contributed by atoms with Crippen LogP contribution in [-0.4, -0.2) is 29.5 Å². The molecule has 1 atom stereocenters. The van der Waals surface area contributed by atoms with E-state index in [9.17, 15) is 4.57 Å². The van der Waals surface area contributed by atoms with Gasteiger partial charge in [0.15, 0.2) is 0 Å². The topological polar surface area (TPSA) is 26.3 Å². The van der Waals surface area contributed by atoms with Gasteiger partial charge in [-0.25, -0.2) is 0 Å². The first kappa shape index (κ1) is 17.9.